The highest BCUT2D eigenvalue weighted by atomic mass is 16.5. The lowest BCUT2D eigenvalue weighted by Crippen LogP contribution is -2.27. The molecule has 1 fully saturated rings. The Morgan fingerprint density at radius 3 is 2.65 bits per heavy atom. The molecule has 0 radical (unpaired) electrons. The van der Waals surface area contributed by atoms with Gasteiger partial charge in [0.05, 0.1) is 24.3 Å². The van der Waals surface area contributed by atoms with Gasteiger partial charge in [0, 0.05) is 6.04 Å². The van der Waals surface area contributed by atoms with Crippen LogP contribution in [0.15, 0.2) is 42.5 Å². The van der Waals surface area contributed by atoms with E-state index in [0.29, 0.717) is 11.3 Å². The number of para-hydroxylation sites is 1. The number of aryl methyl sites for hydroxylation is 2. The van der Waals surface area contributed by atoms with E-state index >= 15 is 0 Å². The van der Waals surface area contributed by atoms with E-state index in [-0.39, 0.29) is 30.9 Å². The monoisotopic (exact) mass is 352 g/mol. The fraction of sp³-hybridized carbons (Fsp3) is 0.333. The van der Waals surface area contributed by atoms with Gasteiger partial charge in [-0.15, -0.1) is 0 Å². The van der Waals surface area contributed by atoms with Crippen LogP contribution in [-0.4, -0.2) is 24.5 Å². The van der Waals surface area contributed by atoms with Crippen LogP contribution >= 0.6 is 0 Å². The van der Waals surface area contributed by atoms with Crippen LogP contribution in [0.2, 0.25) is 0 Å². The second-order valence-corrected chi connectivity index (χ2v) is 6.71. The Balaban J connectivity index is 1.55. The van der Waals surface area contributed by atoms with Gasteiger partial charge in [0.2, 0.25) is 5.91 Å². The molecule has 0 saturated heterocycles. The summed E-state index contributed by atoms with van der Waals surface area (Å²) in [4.78, 5) is 24.5. The first-order valence-corrected chi connectivity index (χ1v) is 8.93. The van der Waals surface area contributed by atoms with Crippen molar-refractivity contribution in [3.8, 4) is 5.75 Å². The van der Waals surface area contributed by atoms with Crippen molar-refractivity contribution in [1.82, 2.24) is 5.32 Å². The van der Waals surface area contributed by atoms with Gasteiger partial charge in [-0.3, -0.25) is 9.59 Å². The quantitative estimate of drug-likeness (QED) is 0.800. The SMILES string of the molecule is Cc1ccc(C)c(OCCC(=O)Nc2ccccc2C(=O)NC2CC2)c1. The Kier molecular flexibility index (Phi) is 5.56. The molecule has 136 valence electrons. The third kappa shape index (κ3) is 4.85. The fourth-order valence-corrected chi connectivity index (χ4v) is 2.61. The molecule has 1 aliphatic carbocycles. The Bertz CT molecular complexity index is 813. The molecule has 0 bridgehead atoms. The Hall–Kier alpha value is -2.82. The van der Waals surface area contributed by atoms with E-state index < -0.39 is 0 Å². The highest BCUT2D eigenvalue weighted by Gasteiger charge is 2.24. The van der Waals surface area contributed by atoms with Crippen LogP contribution in [0, 0.1) is 13.8 Å². The minimum Gasteiger partial charge on any atom is -0.493 e. The molecule has 0 heterocycles. The maximum atomic E-state index is 12.3. The van der Waals surface area contributed by atoms with E-state index in [9.17, 15) is 9.59 Å². The number of hydrogen-bond donors (Lipinski definition) is 2. The molecule has 5 nitrogen and oxygen atoms in total. The van der Waals surface area contributed by atoms with Crippen molar-refractivity contribution in [1.29, 1.82) is 0 Å². The summed E-state index contributed by atoms with van der Waals surface area (Å²) in [7, 11) is 0. The molecule has 2 N–H and O–H groups in total. The standard InChI is InChI=1S/C21H24N2O3/c1-14-7-8-15(2)19(13-14)26-12-11-20(24)23-18-6-4-3-5-17(18)21(25)22-16-9-10-16/h3-8,13,16H,9-12H2,1-2H3,(H,22,25)(H,23,24). The molecule has 5 heteroatoms. The summed E-state index contributed by atoms with van der Waals surface area (Å²) in [5, 5.41) is 5.76. The van der Waals surface area contributed by atoms with Gasteiger partial charge < -0.3 is 15.4 Å². The fourth-order valence-electron chi connectivity index (χ4n) is 2.61. The minimum atomic E-state index is -0.179. The zero-order valence-electron chi connectivity index (χ0n) is 15.2. The van der Waals surface area contributed by atoms with Gasteiger partial charge in [-0.2, -0.15) is 0 Å². The van der Waals surface area contributed by atoms with Crippen LogP contribution in [0.5, 0.6) is 5.75 Å². The molecule has 0 atom stereocenters. The minimum absolute atomic E-state index is 0.143. The normalized spacial score (nSPS) is 13.2. The second kappa shape index (κ2) is 8.04. The molecule has 0 unspecified atom stereocenters. The van der Waals surface area contributed by atoms with Gasteiger partial charge in [-0.1, -0.05) is 24.3 Å². The second-order valence-electron chi connectivity index (χ2n) is 6.71. The van der Waals surface area contributed by atoms with E-state index in [1.165, 1.54) is 0 Å². The van der Waals surface area contributed by atoms with Gasteiger partial charge in [0.15, 0.2) is 0 Å². The number of carbonyl (C=O) groups is 2. The van der Waals surface area contributed by atoms with Crippen LogP contribution in [0.3, 0.4) is 0 Å². The van der Waals surface area contributed by atoms with Crippen molar-refractivity contribution in [3.05, 3.63) is 59.2 Å². The van der Waals surface area contributed by atoms with E-state index in [1.54, 1.807) is 24.3 Å². The zero-order valence-corrected chi connectivity index (χ0v) is 15.2. The van der Waals surface area contributed by atoms with Crippen molar-refractivity contribution in [2.24, 2.45) is 0 Å². The van der Waals surface area contributed by atoms with Crippen LogP contribution < -0.4 is 15.4 Å². The van der Waals surface area contributed by atoms with E-state index in [2.05, 4.69) is 10.6 Å². The zero-order chi connectivity index (χ0) is 18.5. The van der Waals surface area contributed by atoms with Gasteiger partial charge in [0.25, 0.3) is 5.91 Å². The first-order chi connectivity index (χ1) is 12.5. The molecular formula is C21H24N2O3. The summed E-state index contributed by atoms with van der Waals surface area (Å²) >= 11 is 0. The number of benzene rings is 2. The lowest BCUT2D eigenvalue weighted by Gasteiger charge is -2.12. The largest absolute Gasteiger partial charge is 0.493 e. The first kappa shape index (κ1) is 18.0. The lowest BCUT2D eigenvalue weighted by molar-refractivity contribution is -0.116. The molecule has 0 aromatic heterocycles. The van der Waals surface area contributed by atoms with Crippen LogP contribution in [0.1, 0.15) is 40.7 Å². The molecule has 1 aliphatic rings. The van der Waals surface area contributed by atoms with E-state index in [0.717, 1.165) is 29.7 Å². The number of nitrogens with one attached hydrogen (secondary N) is 2. The number of amides is 2. The topological polar surface area (TPSA) is 67.4 Å². The summed E-state index contributed by atoms with van der Waals surface area (Å²) in [6, 6.07) is 13.3. The number of carbonyl (C=O) groups excluding carboxylic acids is 2. The third-order valence-corrected chi connectivity index (χ3v) is 4.29. The van der Waals surface area contributed by atoms with Crippen LogP contribution in [0.25, 0.3) is 0 Å². The molecule has 1 saturated carbocycles. The maximum absolute atomic E-state index is 12.3. The molecule has 3 rings (SSSR count). The van der Waals surface area contributed by atoms with Crippen molar-refractivity contribution in [3.63, 3.8) is 0 Å². The molecule has 0 aliphatic heterocycles. The lowest BCUT2D eigenvalue weighted by atomic mass is 10.1. The Morgan fingerprint density at radius 1 is 1.12 bits per heavy atom. The summed E-state index contributed by atoms with van der Waals surface area (Å²) in [6.07, 6.45) is 2.26. The molecule has 2 aromatic carbocycles. The maximum Gasteiger partial charge on any atom is 0.253 e. The van der Waals surface area contributed by atoms with Crippen molar-refractivity contribution in [2.45, 2.75) is 39.2 Å². The number of rotatable bonds is 7. The van der Waals surface area contributed by atoms with E-state index in [1.807, 2.05) is 32.0 Å². The van der Waals surface area contributed by atoms with Gasteiger partial charge in [-0.25, -0.2) is 0 Å². The number of hydrogen-bond acceptors (Lipinski definition) is 3. The highest BCUT2D eigenvalue weighted by Crippen LogP contribution is 2.22. The van der Waals surface area contributed by atoms with Crippen LogP contribution in [0.4, 0.5) is 5.69 Å². The predicted molar refractivity (Wildman–Crippen MR) is 102 cm³/mol. The smallest absolute Gasteiger partial charge is 0.253 e. The van der Waals surface area contributed by atoms with E-state index in [4.69, 9.17) is 4.74 Å². The van der Waals surface area contributed by atoms with Crippen molar-refractivity contribution in [2.75, 3.05) is 11.9 Å². The third-order valence-electron chi connectivity index (χ3n) is 4.29. The molecule has 2 aromatic rings. The first-order valence-electron chi connectivity index (χ1n) is 8.93. The van der Waals surface area contributed by atoms with Crippen molar-refractivity contribution < 1.29 is 14.3 Å². The number of ether oxygens (including phenoxy) is 1. The Morgan fingerprint density at radius 2 is 1.88 bits per heavy atom. The Labute approximate surface area is 153 Å². The molecule has 0 spiro atoms. The summed E-state index contributed by atoms with van der Waals surface area (Å²) in [6.45, 7) is 4.26. The average molecular weight is 352 g/mol. The van der Waals surface area contributed by atoms with Gasteiger partial charge in [0.1, 0.15) is 5.75 Å². The summed E-state index contributed by atoms with van der Waals surface area (Å²) in [5.41, 5.74) is 3.18. The predicted octanol–water partition coefficient (Wildman–Crippen LogP) is 3.60. The molecular weight excluding hydrogens is 328 g/mol. The van der Waals surface area contributed by atoms with Gasteiger partial charge >= 0.3 is 0 Å². The average Bonchev–Trinajstić information content (AvgIpc) is 3.42. The van der Waals surface area contributed by atoms with Gasteiger partial charge in [-0.05, 0) is 56.0 Å². The van der Waals surface area contributed by atoms with Crippen molar-refractivity contribution >= 4 is 17.5 Å². The summed E-state index contributed by atoms with van der Waals surface area (Å²) in [5.74, 6) is 0.471. The van der Waals surface area contributed by atoms with Crippen LogP contribution in [-0.2, 0) is 4.79 Å². The highest BCUT2D eigenvalue weighted by molar-refractivity contribution is 6.03. The molecule has 26 heavy (non-hydrogen) atoms. The molecule has 2 amide bonds. The summed E-state index contributed by atoms with van der Waals surface area (Å²) < 4.78 is 5.72. The number of anilines is 1.